The van der Waals surface area contributed by atoms with Crippen LogP contribution in [0.25, 0.3) is 0 Å². The number of carbonyl (C=O) groups is 3. The molecule has 32 heavy (non-hydrogen) atoms. The average molecular weight is 463 g/mol. The Kier molecular flexibility index (Phi) is 8.65. The third kappa shape index (κ3) is 5.40. The molecule has 2 aromatic rings. The monoisotopic (exact) mass is 462 g/mol. The lowest BCUT2D eigenvalue weighted by atomic mass is 10.1. The fraction of sp³-hybridized carbons (Fsp3) is 0.435. The number of methoxy groups -OCH3 is 2. The summed E-state index contributed by atoms with van der Waals surface area (Å²) in [4.78, 5) is 40.9. The zero-order chi connectivity index (χ0) is 24.0. The van der Waals surface area contributed by atoms with E-state index in [2.05, 4.69) is 5.32 Å². The Morgan fingerprint density at radius 1 is 1.09 bits per heavy atom. The van der Waals surface area contributed by atoms with Crippen molar-refractivity contribution in [2.75, 3.05) is 32.6 Å². The van der Waals surface area contributed by atoms with Crippen molar-refractivity contribution >= 4 is 34.1 Å². The van der Waals surface area contributed by atoms with Crippen LogP contribution in [0.3, 0.4) is 0 Å². The third-order valence-electron chi connectivity index (χ3n) is 4.82. The van der Waals surface area contributed by atoms with Crippen molar-refractivity contribution in [1.29, 1.82) is 0 Å². The molecule has 1 heterocycles. The Hall–Kier alpha value is -3.07. The molecule has 0 spiro atoms. The molecule has 0 aliphatic heterocycles. The molecule has 1 aromatic heterocycles. The molecule has 2 rings (SSSR count). The smallest absolute Gasteiger partial charge is 0.341 e. The standard InChI is InChI=1S/C23H30N2O6S/c1-8-25(9-2)22(27)19-14(5)18(23(28)31-13(3)4)21(32-19)24-20(26)16-11-10-15(29-6)12-17(16)30-7/h10-13H,8-9H2,1-7H3,(H,24,26). The first kappa shape index (κ1) is 25.2. The van der Waals surface area contributed by atoms with Crippen LogP contribution in [0.1, 0.15) is 63.6 Å². The van der Waals surface area contributed by atoms with Gasteiger partial charge >= 0.3 is 5.97 Å². The number of nitrogens with zero attached hydrogens (tertiary/aromatic N) is 1. The number of hydrogen-bond acceptors (Lipinski definition) is 7. The van der Waals surface area contributed by atoms with Crippen LogP contribution in [0.5, 0.6) is 11.5 Å². The van der Waals surface area contributed by atoms with E-state index < -0.39 is 11.9 Å². The largest absolute Gasteiger partial charge is 0.497 e. The minimum absolute atomic E-state index is 0.181. The van der Waals surface area contributed by atoms with E-state index in [9.17, 15) is 14.4 Å². The molecule has 2 amide bonds. The third-order valence-corrected chi connectivity index (χ3v) is 6.01. The highest BCUT2D eigenvalue weighted by Crippen LogP contribution is 2.36. The summed E-state index contributed by atoms with van der Waals surface area (Å²) in [7, 11) is 2.97. The first-order valence-corrected chi connectivity index (χ1v) is 11.2. The summed E-state index contributed by atoms with van der Waals surface area (Å²) in [6, 6.07) is 4.81. The minimum atomic E-state index is -0.593. The van der Waals surface area contributed by atoms with Gasteiger partial charge in [-0.25, -0.2) is 4.79 Å². The Morgan fingerprint density at radius 2 is 1.75 bits per heavy atom. The van der Waals surface area contributed by atoms with Crippen molar-refractivity contribution in [2.45, 2.75) is 40.7 Å². The molecule has 9 heteroatoms. The number of rotatable bonds is 9. The van der Waals surface area contributed by atoms with Gasteiger partial charge in [-0.15, -0.1) is 11.3 Å². The van der Waals surface area contributed by atoms with E-state index in [0.29, 0.717) is 35.0 Å². The van der Waals surface area contributed by atoms with Gasteiger partial charge in [0.25, 0.3) is 11.8 Å². The van der Waals surface area contributed by atoms with Crippen LogP contribution in [-0.4, -0.2) is 56.1 Å². The van der Waals surface area contributed by atoms with Crippen LogP contribution >= 0.6 is 11.3 Å². The summed E-state index contributed by atoms with van der Waals surface area (Å²) in [6.45, 7) is 10.00. The summed E-state index contributed by atoms with van der Waals surface area (Å²) in [5.74, 6) is -0.409. The number of carbonyl (C=O) groups excluding carboxylic acids is 3. The maximum absolute atomic E-state index is 13.1. The summed E-state index contributed by atoms with van der Waals surface area (Å²) in [6.07, 6.45) is -0.353. The molecule has 0 radical (unpaired) electrons. The predicted octanol–water partition coefficient (Wildman–Crippen LogP) is 4.37. The van der Waals surface area contributed by atoms with Gasteiger partial charge in [-0.05, 0) is 52.3 Å². The van der Waals surface area contributed by atoms with Gasteiger partial charge in [0.05, 0.1) is 36.3 Å². The summed E-state index contributed by atoms with van der Waals surface area (Å²) >= 11 is 1.06. The van der Waals surface area contributed by atoms with Crippen molar-refractivity contribution in [3.8, 4) is 11.5 Å². The zero-order valence-corrected chi connectivity index (χ0v) is 20.3. The van der Waals surface area contributed by atoms with Crippen molar-refractivity contribution in [3.63, 3.8) is 0 Å². The van der Waals surface area contributed by atoms with Crippen LogP contribution in [0.15, 0.2) is 18.2 Å². The van der Waals surface area contributed by atoms with Crippen molar-refractivity contribution in [2.24, 2.45) is 0 Å². The van der Waals surface area contributed by atoms with E-state index >= 15 is 0 Å². The quantitative estimate of drug-likeness (QED) is 0.556. The number of esters is 1. The molecule has 0 aliphatic rings. The molecule has 0 unspecified atom stereocenters. The van der Waals surface area contributed by atoms with Crippen molar-refractivity contribution < 1.29 is 28.6 Å². The van der Waals surface area contributed by atoms with E-state index in [4.69, 9.17) is 14.2 Å². The Labute approximate surface area is 192 Å². The van der Waals surface area contributed by atoms with Crippen LogP contribution < -0.4 is 14.8 Å². The Balaban J connectivity index is 2.51. The highest BCUT2D eigenvalue weighted by atomic mass is 32.1. The first-order valence-electron chi connectivity index (χ1n) is 10.3. The van der Waals surface area contributed by atoms with Gasteiger partial charge in [0.15, 0.2) is 0 Å². The van der Waals surface area contributed by atoms with Gasteiger partial charge < -0.3 is 24.4 Å². The number of anilines is 1. The fourth-order valence-electron chi connectivity index (χ4n) is 3.14. The molecule has 8 nitrogen and oxygen atoms in total. The molecule has 1 aromatic carbocycles. The van der Waals surface area contributed by atoms with E-state index in [1.54, 1.807) is 43.9 Å². The number of ether oxygens (including phenoxy) is 3. The Bertz CT molecular complexity index is 995. The van der Waals surface area contributed by atoms with Gasteiger partial charge in [0.1, 0.15) is 16.5 Å². The average Bonchev–Trinajstić information content (AvgIpc) is 3.08. The second kappa shape index (κ2) is 11.0. The van der Waals surface area contributed by atoms with E-state index in [1.807, 2.05) is 13.8 Å². The van der Waals surface area contributed by atoms with Crippen LogP contribution in [0.4, 0.5) is 5.00 Å². The van der Waals surface area contributed by atoms with E-state index in [-0.39, 0.29) is 28.1 Å². The van der Waals surface area contributed by atoms with Crippen molar-refractivity contribution in [1.82, 2.24) is 4.90 Å². The molecule has 1 N–H and O–H groups in total. The second-order valence-electron chi connectivity index (χ2n) is 7.21. The maximum atomic E-state index is 13.1. The molecule has 0 saturated heterocycles. The highest BCUT2D eigenvalue weighted by molar-refractivity contribution is 7.18. The molecule has 0 bridgehead atoms. The molecular weight excluding hydrogens is 432 g/mol. The summed E-state index contributed by atoms with van der Waals surface area (Å²) < 4.78 is 15.9. The van der Waals surface area contributed by atoms with Crippen molar-refractivity contribution in [3.05, 3.63) is 39.8 Å². The summed E-state index contributed by atoms with van der Waals surface area (Å²) in [5.41, 5.74) is 0.925. The molecule has 0 aliphatic carbocycles. The lowest BCUT2D eigenvalue weighted by Crippen LogP contribution is -2.30. The van der Waals surface area contributed by atoms with Gasteiger partial charge in [0, 0.05) is 19.2 Å². The van der Waals surface area contributed by atoms with Gasteiger partial charge in [-0.3, -0.25) is 9.59 Å². The SMILES string of the molecule is CCN(CC)C(=O)c1sc(NC(=O)c2ccc(OC)cc2OC)c(C(=O)OC(C)C)c1C. The van der Waals surface area contributed by atoms with E-state index in [1.165, 1.54) is 14.2 Å². The fourth-order valence-corrected chi connectivity index (χ4v) is 4.29. The molecule has 174 valence electrons. The predicted molar refractivity (Wildman–Crippen MR) is 124 cm³/mol. The lowest BCUT2D eigenvalue weighted by Gasteiger charge is -2.18. The molecule has 0 fully saturated rings. The number of thiophene rings is 1. The maximum Gasteiger partial charge on any atom is 0.341 e. The molecule has 0 atom stereocenters. The number of nitrogens with one attached hydrogen (secondary N) is 1. The highest BCUT2D eigenvalue weighted by Gasteiger charge is 2.29. The zero-order valence-electron chi connectivity index (χ0n) is 19.5. The van der Waals surface area contributed by atoms with Crippen LogP contribution in [0, 0.1) is 6.92 Å². The van der Waals surface area contributed by atoms with Crippen LogP contribution in [0.2, 0.25) is 0 Å². The number of benzene rings is 1. The van der Waals surface area contributed by atoms with E-state index in [0.717, 1.165) is 11.3 Å². The second-order valence-corrected chi connectivity index (χ2v) is 8.23. The van der Waals surface area contributed by atoms with Gasteiger partial charge in [-0.1, -0.05) is 0 Å². The molecule has 0 saturated carbocycles. The topological polar surface area (TPSA) is 94.2 Å². The summed E-state index contributed by atoms with van der Waals surface area (Å²) in [5, 5.41) is 3.03. The number of amides is 2. The first-order chi connectivity index (χ1) is 15.2. The minimum Gasteiger partial charge on any atom is -0.497 e. The normalized spacial score (nSPS) is 10.6. The Morgan fingerprint density at radius 3 is 2.28 bits per heavy atom. The van der Waals surface area contributed by atoms with Gasteiger partial charge in [0.2, 0.25) is 0 Å². The molecular formula is C23H30N2O6S. The van der Waals surface area contributed by atoms with Crippen LogP contribution in [-0.2, 0) is 4.74 Å². The van der Waals surface area contributed by atoms with Gasteiger partial charge in [-0.2, -0.15) is 0 Å². The lowest BCUT2D eigenvalue weighted by molar-refractivity contribution is 0.0379. The number of hydrogen-bond donors (Lipinski definition) is 1.